The second-order valence-corrected chi connectivity index (χ2v) is 3.64. The van der Waals surface area contributed by atoms with Crippen molar-refractivity contribution in [2.45, 2.75) is 12.6 Å². The first-order chi connectivity index (χ1) is 8.90. The van der Waals surface area contributed by atoms with Gasteiger partial charge in [-0.3, -0.25) is 4.79 Å². The summed E-state index contributed by atoms with van der Waals surface area (Å²) in [4.78, 5) is 11.2. The number of ether oxygens (including phenoxy) is 1. The maximum absolute atomic E-state index is 11.8. The molecule has 19 heavy (non-hydrogen) atoms. The number of nitriles is 1. The summed E-state index contributed by atoms with van der Waals surface area (Å²) in [5.74, 6) is -0.265. The van der Waals surface area contributed by atoms with E-state index in [1.54, 1.807) is 0 Å². The van der Waals surface area contributed by atoms with Crippen LogP contribution in [0, 0.1) is 11.3 Å². The first kappa shape index (κ1) is 14.8. The molecule has 1 rings (SSSR count). The van der Waals surface area contributed by atoms with E-state index in [2.05, 4.69) is 5.32 Å². The third-order valence-electron chi connectivity index (χ3n) is 2.08. The summed E-state index contributed by atoms with van der Waals surface area (Å²) >= 11 is 0. The monoisotopic (exact) mass is 272 g/mol. The molecule has 0 heterocycles. The van der Waals surface area contributed by atoms with Crippen LogP contribution in [0.2, 0.25) is 0 Å². The normalized spacial score (nSPS) is 10.6. The lowest BCUT2D eigenvalue weighted by atomic mass is 10.2. The van der Waals surface area contributed by atoms with Gasteiger partial charge >= 0.3 is 6.18 Å². The molecular weight excluding hydrogens is 261 g/mol. The molecule has 0 fully saturated rings. The minimum Gasteiger partial charge on any atom is -0.484 e. The Morgan fingerprint density at radius 2 is 1.95 bits per heavy atom. The molecule has 4 nitrogen and oxygen atoms in total. The molecule has 1 aromatic carbocycles. The maximum Gasteiger partial charge on any atom is 0.390 e. The van der Waals surface area contributed by atoms with Gasteiger partial charge in [-0.25, -0.2) is 0 Å². The van der Waals surface area contributed by atoms with Gasteiger partial charge in [-0.1, -0.05) is 0 Å². The molecule has 1 N–H and O–H groups in total. The molecule has 0 bridgehead atoms. The van der Waals surface area contributed by atoms with Crippen molar-refractivity contribution in [3.05, 3.63) is 29.8 Å². The molecule has 1 amide bonds. The summed E-state index contributed by atoms with van der Waals surface area (Å²) in [6, 6.07) is 7.94. The van der Waals surface area contributed by atoms with Gasteiger partial charge in [0, 0.05) is 6.54 Å². The summed E-state index contributed by atoms with van der Waals surface area (Å²) in [5, 5.41) is 10.7. The molecule has 0 saturated heterocycles. The Kier molecular flexibility index (Phi) is 5.18. The fourth-order valence-corrected chi connectivity index (χ4v) is 1.17. The van der Waals surface area contributed by atoms with Gasteiger partial charge in [-0.15, -0.1) is 0 Å². The van der Waals surface area contributed by atoms with Gasteiger partial charge in [-0.2, -0.15) is 18.4 Å². The summed E-state index contributed by atoms with van der Waals surface area (Å²) in [7, 11) is 0. The number of hydrogen-bond acceptors (Lipinski definition) is 3. The number of hydrogen-bond donors (Lipinski definition) is 1. The van der Waals surface area contributed by atoms with Crippen LogP contribution in [-0.2, 0) is 4.79 Å². The molecular formula is C12H11F3N2O2. The molecule has 0 saturated carbocycles. The number of alkyl halides is 3. The molecule has 0 aliphatic heterocycles. The van der Waals surface area contributed by atoms with Gasteiger partial charge in [0.2, 0.25) is 0 Å². The zero-order chi connectivity index (χ0) is 14.3. The highest BCUT2D eigenvalue weighted by atomic mass is 19.4. The third-order valence-corrected chi connectivity index (χ3v) is 2.08. The fourth-order valence-electron chi connectivity index (χ4n) is 1.17. The van der Waals surface area contributed by atoms with Gasteiger partial charge in [-0.05, 0) is 24.3 Å². The highest BCUT2D eigenvalue weighted by Crippen LogP contribution is 2.18. The molecule has 0 aliphatic rings. The Bertz CT molecular complexity index is 463. The number of halogens is 3. The molecule has 0 atom stereocenters. The van der Waals surface area contributed by atoms with Crippen LogP contribution in [0.1, 0.15) is 12.0 Å². The predicted octanol–water partition coefficient (Wildman–Crippen LogP) is 2.01. The summed E-state index contributed by atoms with van der Waals surface area (Å²) < 4.78 is 40.5. The summed E-state index contributed by atoms with van der Waals surface area (Å²) in [6.07, 6.45) is -5.36. The third kappa shape index (κ3) is 6.31. The average molecular weight is 272 g/mol. The smallest absolute Gasteiger partial charge is 0.390 e. The number of nitrogens with one attached hydrogen (secondary N) is 1. The van der Waals surface area contributed by atoms with Crippen molar-refractivity contribution >= 4 is 5.91 Å². The van der Waals surface area contributed by atoms with Crippen LogP contribution in [-0.4, -0.2) is 25.2 Å². The maximum atomic E-state index is 11.8. The average Bonchev–Trinajstić information content (AvgIpc) is 2.35. The highest BCUT2D eigenvalue weighted by Gasteiger charge is 2.26. The molecule has 0 radical (unpaired) electrons. The first-order valence-electron chi connectivity index (χ1n) is 5.37. The zero-order valence-corrected chi connectivity index (χ0v) is 9.83. The molecule has 0 spiro atoms. The topological polar surface area (TPSA) is 62.1 Å². The molecule has 0 aliphatic carbocycles. The van der Waals surface area contributed by atoms with Crippen LogP contribution in [0.25, 0.3) is 0 Å². The van der Waals surface area contributed by atoms with Crippen LogP contribution in [0.3, 0.4) is 0 Å². The minimum absolute atomic E-state index is 0.366. The second-order valence-electron chi connectivity index (χ2n) is 3.64. The van der Waals surface area contributed by atoms with Crippen molar-refractivity contribution in [3.63, 3.8) is 0 Å². The summed E-state index contributed by atoms with van der Waals surface area (Å²) in [6.45, 7) is -0.844. The molecule has 102 valence electrons. The van der Waals surface area contributed by atoms with Crippen molar-refractivity contribution in [1.29, 1.82) is 5.26 Å². The lowest BCUT2D eigenvalue weighted by molar-refractivity contribution is -0.136. The van der Waals surface area contributed by atoms with E-state index in [0.717, 1.165) is 0 Å². The Hall–Kier alpha value is -2.23. The number of amides is 1. The van der Waals surface area contributed by atoms with E-state index in [-0.39, 0.29) is 6.61 Å². The van der Waals surface area contributed by atoms with E-state index in [9.17, 15) is 18.0 Å². The van der Waals surface area contributed by atoms with Crippen molar-refractivity contribution in [2.75, 3.05) is 13.2 Å². The van der Waals surface area contributed by atoms with E-state index in [1.807, 2.05) is 6.07 Å². The van der Waals surface area contributed by atoms with Crippen LogP contribution >= 0.6 is 0 Å². The van der Waals surface area contributed by atoms with Crippen LogP contribution in [0.5, 0.6) is 5.75 Å². The number of rotatable bonds is 5. The quantitative estimate of drug-likeness (QED) is 0.891. The Labute approximate surface area is 107 Å². The first-order valence-corrected chi connectivity index (χ1v) is 5.37. The molecule has 0 unspecified atom stereocenters. The van der Waals surface area contributed by atoms with Crippen molar-refractivity contribution < 1.29 is 22.7 Å². The van der Waals surface area contributed by atoms with Gasteiger partial charge in [0.05, 0.1) is 18.1 Å². The van der Waals surface area contributed by atoms with Gasteiger partial charge < -0.3 is 10.1 Å². The van der Waals surface area contributed by atoms with Gasteiger partial charge in [0.15, 0.2) is 6.61 Å². The molecule has 1 aromatic rings. The lowest BCUT2D eigenvalue weighted by Gasteiger charge is -2.09. The van der Waals surface area contributed by atoms with Crippen molar-refractivity contribution in [2.24, 2.45) is 0 Å². The Balaban J connectivity index is 2.28. The standard InChI is InChI=1S/C12H11F3N2O2/c13-12(14,15)5-6-17-11(18)8-19-10-3-1-9(7-16)2-4-10/h1-4H,5-6,8H2,(H,17,18). The van der Waals surface area contributed by atoms with E-state index < -0.39 is 25.0 Å². The van der Waals surface area contributed by atoms with E-state index in [0.29, 0.717) is 11.3 Å². The molecule has 7 heteroatoms. The minimum atomic E-state index is -4.29. The van der Waals surface area contributed by atoms with Crippen molar-refractivity contribution in [1.82, 2.24) is 5.32 Å². The number of nitrogens with zero attached hydrogens (tertiary/aromatic N) is 1. The fraction of sp³-hybridized carbons (Fsp3) is 0.333. The SMILES string of the molecule is N#Cc1ccc(OCC(=O)NCCC(F)(F)F)cc1. The number of benzene rings is 1. The Morgan fingerprint density at radius 3 is 2.47 bits per heavy atom. The number of carbonyl (C=O) groups is 1. The zero-order valence-electron chi connectivity index (χ0n) is 9.83. The highest BCUT2D eigenvalue weighted by molar-refractivity contribution is 5.77. The second kappa shape index (κ2) is 6.64. The summed E-state index contributed by atoms with van der Waals surface area (Å²) in [5.41, 5.74) is 0.446. The van der Waals surface area contributed by atoms with E-state index in [1.165, 1.54) is 24.3 Å². The van der Waals surface area contributed by atoms with E-state index in [4.69, 9.17) is 10.00 Å². The van der Waals surface area contributed by atoms with Crippen LogP contribution < -0.4 is 10.1 Å². The number of carbonyl (C=O) groups excluding carboxylic acids is 1. The van der Waals surface area contributed by atoms with E-state index >= 15 is 0 Å². The van der Waals surface area contributed by atoms with Crippen LogP contribution in [0.4, 0.5) is 13.2 Å². The predicted molar refractivity (Wildman–Crippen MR) is 60.3 cm³/mol. The van der Waals surface area contributed by atoms with Crippen LogP contribution in [0.15, 0.2) is 24.3 Å². The van der Waals surface area contributed by atoms with Gasteiger partial charge in [0.1, 0.15) is 5.75 Å². The van der Waals surface area contributed by atoms with Crippen molar-refractivity contribution in [3.8, 4) is 11.8 Å². The lowest BCUT2D eigenvalue weighted by Crippen LogP contribution is -2.31. The Morgan fingerprint density at radius 1 is 1.32 bits per heavy atom. The molecule has 0 aromatic heterocycles. The van der Waals surface area contributed by atoms with Gasteiger partial charge in [0.25, 0.3) is 5.91 Å². The largest absolute Gasteiger partial charge is 0.484 e.